The minimum atomic E-state index is -0.466. The highest BCUT2D eigenvalue weighted by Crippen LogP contribution is 2.18. The van der Waals surface area contributed by atoms with E-state index in [0.717, 1.165) is 6.07 Å². The van der Waals surface area contributed by atoms with E-state index in [1.54, 1.807) is 19.2 Å². The lowest BCUT2D eigenvalue weighted by atomic mass is 10.1. The molecule has 0 spiro atoms. The second-order valence-electron chi connectivity index (χ2n) is 4.10. The summed E-state index contributed by atoms with van der Waals surface area (Å²) in [4.78, 5) is 13.6. The predicted octanol–water partition coefficient (Wildman–Crippen LogP) is 3.04. The Labute approximate surface area is 118 Å². The first kappa shape index (κ1) is 13.6. The van der Waals surface area contributed by atoms with Crippen LogP contribution in [0.2, 0.25) is 0 Å². The summed E-state index contributed by atoms with van der Waals surface area (Å²) in [6.45, 7) is 0.307. The predicted molar refractivity (Wildman–Crippen MR) is 73.0 cm³/mol. The fourth-order valence-electron chi connectivity index (χ4n) is 1.68. The van der Waals surface area contributed by atoms with Crippen LogP contribution >= 0.6 is 15.9 Å². The molecule has 1 aromatic carbocycles. The summed E-state index contributed by atoms with van der Waals surface area (Å²) in [5.74, 6) is -0.111. The first-order valence-corrected chi connectivity index (χ1v) is 6.31. The van der Waals surface area contributed by atoms with Gasteiger partial charge in [0.05, 0.1) is 12.1 Å². The van der Waals surface area contributed by atoms with Gasteiger partial charge in [0, 0.05) is 12.7 Å². The lowest BCUT2D eigenvalue weighted by Gasteiger charge is -2.16. The number of anilines is 1. The van der Waals surface area contributed by atoms with Gasteiger partial charge in [-0.1, -0.05) is 0 Å². The molecular weight excluding hydrogens is 315 g/mol. The molecule has 1 aromatic heterocycles. The Morgan fingerprint density at radius 3 is 2.74 bits per heavy atom. The maximum atomic E-state index is 12.9. The van der Waals surface area contributed by atoms with E-state index >= 15 is 0 Å². The summed E-state index contributed by atoms with van der Waals surface area (Å²) in [6, 6.07) is 7.23. The topological polar surface area (TPSA) is 59.5 Å². The molecule has 2 aromatic rings. The van der Waals surface area contributed by atoms with E-state index < -0.39 is 5.82 Å². The Morgan fingerprint density at radius 1 is 1.42 bits per heavy atom. The molecule has 2 N–H and O–H groups in total. The molecule has 0 aliphatic carbocycles. The zero-order valence-electron chi connectivity index (χ0n) is 10.2. The van der Waals surface area contributed by atoms with Crippen molar-refractivity contribution in [3.63, 3.8) is 0 Å². The highest BCUT2D eigenvalue weighted by atomic mass is 79.9. The second kappa shape index (κ2) is 5.44. The summed E-state index contributed by atoms with van der Waals surface area (Å²) < 4.78 is 18.9. The first-order valence-electron chi connectivity index (χ1n) is 5.52. The number of carbonyl (C=O) groups excluding carboxylic acids is 1. The van der Waals surface area contributed by atoms with Crippen LogP contribution in [0, 0.1) is 5.82 Å². The molecule has 0 saturated carbocycles. The van der Waals surface area contributed by atoms with E-state index in [1.807, 2.05) is 0 Å². The molecule has 0 aliphatic heterocycles. The Balaban J connectivity index is 2.14. The number of benzene rings is 1. The summed E-state index contributed by atoms with van der Waals surface area (Å²) in [5.41, 5.74) is 6.03. The van der Waals surface area contributed by atoms with Crippen molar-refractivity contribution < 1.29 is 13.6 Å². The summed E-state index contributed by atoms with van der Waals surface area (Å²) >= 11 is 3.19. The lowest BCUT2D eigenvalue weighted by Crippen LogP contribution is -2.26. The van der Waals surface area contributed by atoms with Crippen molar-refractivity contribution in [1.82, 2.24) is 4.90 Å². The highest BCUT2D eigenvalue weighted by molar-refractivity contribution is 9.10. The minimum absolute atomic E-state index is 0.123. The molecule has 0 atom stereocenters. The Hall–Kier alpha value is -1.82. The zero-order chi connectivity index (χ0) is 14.0. The van der Waals surface area contributed by atoms with Crippen LogP contribution in [0.5, 0.6) is 0 Å². The third-order valence-electron chi connectivity index (χ3n) is 2.61. The van der Waals surface area contributed by atoms with E-state index in [2.05, 4.69) is 15.9 Å². The number of halogens is 2. The number of hydrogen-bond donors (Lipinski definition) is 1. The fourth-order valence-corrected chi connectivity index (χ4v) is 2.02. The molecule has 0 saturated heterocycles. The number of carbonyl (C=O) groups is 1. The van der Waals surface area contributed by atoms with Crippen LogP contribution in [-0.4, -0.2) is 17.9 Å². The van der Waals surface area contributed by atoms with Crippen LogP contribution in [-0.2, 0) is 6.54 Å². The highest BCUT2D eigenvalue weighted by Gasteiger charge is 2.16. The van der Waals surface area contributed by atoms with Crippen LogP contribution in [0.25, 0.3) is 0 Å². The maximum Gasteiger partial charge on any atom is 0.256 e. The van der Waals surface area contributed by atoms with Crippen LogP contribution in [0.15, 0.2) is 39.4 Å². The zero-order valence-corrected chi connectivity index (χ0v) is 11.8. The van der Waals surface area contributed by atoms with Crippen molar-refractivity contribution in [2.24, 2.45) is 0 Å². The van der Waals surface area contributed by atoms with E-state index in [-0.39, 0.29) is 17.2 Å². The third-order valence-corrected chi connectivity index (χ3v) is 3.04. The van der Waals surface area contributed by atoms with Crippen molar-refractivity contribution in [2.75, 3.05) is 12.8 Å². The number of rotatable bonds is 3. The summed E-state index contributed by atoms with van der Waals surface area (Å²) in [7, 11) is 1.63. The smallest absolute Gasteiger partial charge is 0.256 e. The van der Waals surface area contributed by atoms with E-state index in [9.17, 15) is 9.18 Å². The summed E-state index contributed by atoms with van der Waals surface area (Å²) in [5, 5.41) is 0. The molecular formula is C13H12BrFN2O2. The number of amides is 1. The van der Waals surface area contributed by atoms with E-state index in [1.165, 1.54) is 17.0 Å². The molecule has 0 radical (unpaired) electrons. The average molecular weight is 327 g/mol. The van der Waals surface area contributed by atoms with Crippen LogP contribution < -0.4 is 5.73 Å². The normalized spacial score (nSPS) is 10.5. The Kier molecular flexibility index (Phi) is 3.90. The molecule has 1 amide bonds. The van der Waals surface area contributed by atoms with Crippen LogP contribution in [0.3, 0.4) is 0 Å². The van der Waals surface area contributed by atoms with Gasteiger partial charge in [0.1, 0.15) is 11.6 Å². The molecule has 19 heavy (non-hydrogen) atoms. The van der Waals surface area contributed by atoms with Crippen molar-refractivity contribution >= 4 is 27.5 Å². The lowest BCUT2D eigenvalue weighted by molar-refractivity contribution is 0.0776. The van der Waals surface area contributed by atoms with Crippen molar-refractivity contribution in [2.45, 2.75) is 6.54 Å². The van der Waals surface area contributed by atoms with Gasteiger partial charge in [-0.05, 0) is 46.3 Å². The molecule has 100 valence electrons. The maximum absolute atomic E-state index is 12.9. The van der Waals surface area contributed by atoms with Crippen molar-refractivity contribution in [3.05, 3.63) is 52.1 Å². The number of nitrogen functional groups attached to an aromatic ring is 1. The molecule has 0 bridgehead atoms. The van der Waals surface area contributed by atoms with Crippen LogP contribution in [0.1, 0.15) is 16.1 Å². The van der Waals surface area contributed by atoms with Gasteiger partial charge in [0.2, 0.25) is 0 Å². The summed E-state index contributed by atoms with van der Waals surface area (Å²) in [6.07, 6.45) is 0. The Morgan fingerprint density at radius 2 is 2.16 bits per heavy atom. The minimum Gasteiger partial charge on any atom is -0.452 e. The van der Waals surface area contributed by atoms with Gasteiger partial charge in [-0.15, -0.1) is 0 Å². The standard InChI is InChI=1S/C13H12BrFN2O2/c1-17(7-9-3-5-12(14)19-9)13(18)10-4-2-8(15)6-11(10)16/h2-6H,7,16H2,1H3. The molecule has 0 fully saturated rings. The number of nitrogens with zero attached hydrogens (tertiary/aromatic N) is 1. The van der Waals surface area contributed by atoms with Gasteiger partial charge in [-0.3, -0.25) is 4.79 Å². The number of hydrogen-bond acceptors (Lipinski definition) is 3. The average Bonchev–Trinajstić information content (AvgIpc) is 2.74. The second-order valence-corrected chi connectivity index (χ2v) is 4.88. The largest absolute Gasteiger partial charge is 0.452 e. The van der Waals surface area contributed by atoms with E-state index in [0.29, 0.717) is 17.0 Å². The monoisotopic (exact) mass is 326 g/mol. The number of nitrogens with two attached hydrogens (primary N) is 1. The molecule has 0 aliphatic rings. The van der Waals surface area contributed by atoms with Crippen molar-refractivity contribution in [3.8, 4) is 0 Å². The quantitative estimate of drug-likeness (QED) is 0.882. The van der Waals surface area contributed by atoms with Gasteiger partial charge in [0.15, 0.2) is 4.67 Å². The molecule has 1 heterocycles. The Bertz CT molecular complexity index is 612. The van der Waals surface area contributed by atoms with Gasteiger partial charge < -0.3 is 15.1 Å². The first-order chi connectivity index (χ1) is 8.97. The van der Waals surface area contributed by atoms with Gasteiger partial charge >= 0.3 is 0 Å². The third kappa shape index (κ3) is 3.14. The molecule has 2 rings (SSSR count). The molecule has 6 heteroatoms. The van der Waals surface area contributed by atoms with Gasteiger partial charge in [-0.25, -0.2) is 4.39 Å². The number of furan rings is 1. The molecule has 0 unspecified atom stereocenters. The van der Waals surface area contributed by atoms with E-state index in [4.69, 9.17) is 10.2 Å². The van der Waals surface area contributed by atoms with Gasteiger partial charge in [0.25, 0.3) is 5.91 Å². The fraction of sp³-hybridized carbons (Fsp3) is 0.154. The van der Waals surface area contributed by atoms with Crippen LogP contribution in [0.4, 0.5) is 10.1 Å². The molecule has 4 nitrogen and oxygen atoms in total. The van der Waals surface area contributed by atoms with Gasteiger partial charge in [-0.2, -0.15) is 0 Å². The van der Waals surface area contributed by atoms with Crippen molar-refractivity contribution in [1.29, 1.82) is 0 Å². The SMILES string of the molecule is CN(Cc1ccc(Br)o1)C(=O)c1ccc(F)cc1N.